The summed E-state index contributed by atoms with van der Waals surface area (Å²) in [4.78, 5) is 11.6. The molecule has 0 fully saturated rings. The van der Waals surface area contributed by atoms with E-state index in [0.29, 0.717) is 32.8 Å². The van der Waals surface area contributed by atoms with E-state index in [0.717, 1.165) is 34.7 Å². The Balaban J connectivity index is 1.64. The highest BCUT2D eigenvalue weighted by atomic mass is 16.5. The first-order chi connectivity index (χ1) is 13.0. The Morgan fingerprint density at radius 2 is 2.00 bits per heavy atom. The van der Waals surface area contributed by atoms with E-state index in [9.17, 15) is 4.79 Å². The normalized spacial score (nSPS) is 13.5. The van der Waals surface area contributed by atoms with Crippen molar-refractivity contribution in [1.29, 1.82) is 0 Å². The summed E-state index contributed by atoms with van der Waals surface area (Å²) in [6, 6.07) is 5.96. The first-order valence-electron chi connectivity index (χ1n) is 9.45. The maximum atomic E-state index is 11.6. The molecule has 146 valence electrons. The molecule has 0 atom stereocenters. The number of fused-ring (bicyclic) bond motifs is 1. The van der Waals surface area contributed by atoms with Crippen molar-refractivity contribution in [3.05, 3.63) is 30.0 Å². The molecular formula is C20H28N4O3. The molecule has 2 heterocycles. The van der Waals surface area contributed by atoms with E-state index in [2.05, 4.69) is 15.7 Å². The van der Waals surface area contributed by atoms with Crippen LogP contribution in [0.25, 0.3) is 11.3 Å². The molecule has 0 radical (unpaired) electrons. The summed E-state index contributed by atoms with van der Waals surface area (Å²) in [5, 5.41) is 10.9. The van der Waals surface area contributed by atoms with E-state index in [4.69, 9.17) is 9.47 Å². The van der Waals surface area contributed by atoms with Crippen molar-refractivity contribution < 1.29 is 14.3 Å². The van der Waals surface area contributed by atoms with Crippen LogP contribution in [0, 0.1) is 5.92 Å². The summed E-state index contributed by atoms with van der Waals surface area (Å²) >= 11 is 0. The van der Waals surface area contributed by atoms with Gasteiger partial charge in [0.25, 0.3) is 0 Å². The van der Waals surface area contributed by atoms with E-state index in [1.54, 1.807) is 0 Å². The summed E-state index contributed by atoms with van der Waals surface area (Å²) in [6.07, 6.45) is 2.90. The van der Waals surface area contributed by atoms with Gasteiger partial charge in [0, 0.05) is 56.3 Å². The molecule has 1 aliphatic rings. The topological polar surface area (TPSA) is 77.4 Å². The predicted octanol–water partition coefficient (Wildman–Crippen LogP) is 2.11. The SMILES string of the molecule is CC(C)C(=O)NCCNCc1cn(C)nc1-c1ccc2c(c1)OCCCO2. The van der Waals surface area contributed by atoms with Crippen molar-refractivity contribution in [2.45, 2.75) is 26.8 Å². The number of carbonyl (C=O) groups is 1. The minimum Gasteiger partial charge on any atom is -0.490 e. The second-order valence-electron chi connectivity index (χ2n) is 7.01. The van der Waals surface area contributed by atoms with Gasteiger partial charge >= 0.3 is 0 Å². The average molecular weight is 372 g/mol. The zero-order valence-corrected chi connectivity index (χ0v) is 16.2. The van der Waals surface area contributed by atoms with Gasteiger partial charge in [-0.05, 0) is 18.2 Å². The Hall–Kier alpha value is -2.54. The number of rotatable bonds is 7. The Labute approximate surface area is 160 Å². The van der Waals surface area contributed by atoms with Crippen molar-refractivity contribution in [2.75, 3.05) is 26.3 Å². The van der Waals surface area contributed by atoms with Gasteiger partial charge in [0.1, 0.15) is 0 Å². The van der Waals surface area contributed by atoms with Crippen LogP contribution in [-0.2, 0) is 18.4 Å². The Morgan fingerprint density at radius 1 is 1.22 bits per heavy atom. The van der Waals surface area contributed by atoms with Gasteiger partial charge in [0.2, 0.25) is 5.91 Å². The van der Waals surface area contributed by atoms with Gasteiger partial charge in [-0.3, -0.25) is 9.48 Å². The highest BCUT2D eigenvalue weighted by Gasteiger charge is 2.15. The number of ether oxygens (including phenoxy) is 2. The Bertz CT molecular complexity index is 786. The molecule has 1 aromatic carbocycles. The van der Waals surface area contributed by atoms with E-state index < -0.39 is 0 Å². The number of hydrogen-bond donors (Lipinski definition) is 2. The third-order valence-electron chi connectivity index (χ3n) is 4.37. The number of amides is 1. The molecule has 0 saturated carbocycles. The summed E-state index contributed by atoms with van der Waals surface area (Å²) in [6.45, 7) is 7.10. The maximum absolute atomic E-state index is 11.6. The molecule has 0 unspecified atom stereocenters. The van der Waals surface area contributed by atoms with Crippen LogP contribution < -0.4 is 20.1 Å². The molecule has 2 aromatic rings. The van der Waals surface area contributed by atoms with Gasteiger partial charge in [0.05, 0.1) is 18.9 Å². The number of hydrogen-bond acceptors (Lipinski definition) is 5. The Morgan fingerprint density at radius 3 is 2.78 bits per heavy atom. The monoisotopic (exact) mass is 372 g/mol. The first-order valence-corrected chi connectivity index (χ1v) is 9.45. The van der Waals surface area contributed by atoms with Gasteiger partial charge in [-0.25, -0.2) is 0 Å². The van der Waals surface area contributed by atoms with Crippen LogP contribution >= 0.6 is 0 Å². The van der Waals surface area contributed by atoms with Crippen LogP contribution in [-0.4, -0.2) is 42.0 Å². The van der Waals surface area contributed by atoms with Crippen LogP contribution in [0.5, 0.6) is 11.5 Å². The van der Waals surface area contributed by atoms with Gasteiger partial charge in [-0.15, -0.1) is 0 Å². The smallest absolute Gasteiger partial charge is 0.222 e. The number of nitrogens with zero attached hydrogens (tertiary/aromatic N) is 2. The summed E-state index contributed by atoms with van der Waals surface area (Å²) < 4.78 is 13.3. The number of aromatic nitrogens is 2. The lowest BCUT2D eigenvalue weighted by Crippen LogP contribution is -2.34. The zero-order valence-electron chi connectivity index (χ0n) is 16.2. The number of nitrogens with one attached hydrogen (secondary N) is 2. The molecule has 1 aromatic heterocycles. The number of benzene rings is 1. The lowest BCUT2D eigenvalue weighted by atomic mass is 10.1. The van der Waals surface area contributed by atoms with E-state index >= 15 is 0 Å². The average Bonchev–Trinajstić information content (AvgIpc) is 2.87. The van der Waals surface area contributed by atoms with Crippen LogP contribution in [0.2, 0.25) is 0 Å². The predicted molar refractivity (Wildman–Crippen MR) is 104 cm³/mol. The van der Waals surface area contributed by atoms with Crippen molar-refractivity contribution in [3.63, 3.8) is 0 Å². The van der Waals surface area contributed by atoms with Crippen molar-refractivity contribution in [3.8, 4) is 22.8 Å². The molecule has 7 heteroatoms. The second-order valence-corrected chi connectivity index (χ2v) is 7.01. The Kier molecular flexibility index (Phi) is 6.34. The molecule has 7 nitrogen and oxygen atoms in total. The van der Waals surface area contributed by atoms with Crippen LogP contribution in [0.15, 0.2) is 24.4 Å². The standard InChI is InChI=1S/C20H28N4O3/c1-14(2)20(25)22-8-7-21-12-16-13-24(3)23-19(16)15-5-6-17-18(11-15)27-10-4-9-26-17/h5-6,11,13-14,21H,4,7-10,12H2,1-3H3,(H,22,25). The minimum absolute atomic E-state index is 0.00864. The van der Waals surface area contributed by atoms with Crippen molar-refractivity contribution >= 4 is 5.91 Å². The fourth-order valence-corrected chi connectivity index (χ4v) is 2.92. The highest BCUT2D eigenvalue weighted by molar-refractivity contribution is 5.77. The third kappa shape index (κ3) is 5.01. The maximum Gasteiger partial charge on any atom is 0.222 e. The van der Waals surface area contributed by atoms with Gasteiger partial charge in [0.15, 0.2) is 11.5 Å². The molecule has 3 rings (SSSR count). The first kappa shape index (κ1) is 19.2. The van der Waals surface area contributed by atoms with Crippen molar-refractivity contribution in [1.82, 2.24) is 20.4 Å². The summed E-state index contributed by atoms with van der Waals surface area (Å²) in [5.41, 5.74) is 3.03. The highest BCUT2D eigenvalue weighted by Crippen LogP contribution is 2.34. The fourth-order valence-electron chi connectivity index (χ4n) is 2.92. The minimum atomic E-state index is 0.00864. The zero-order chi connectivity index (χ0) is 19.2. The van der Waals surface area contributed by atoms with Gasteiger partial charge in [-0.1, -0.05) is 13.8 Å². The van der Waals surface area contributed by atoms with Gasteiger partial charge < -0.3 is 20.1 Å². The summed E-state index contributed by atoms with van der Waals surface area (Å²) in [5.74, 6) is 1.64. The van der Waals surface area contributed by atoms with Crippen LogP contribution in [0.3, 0.4) is 0 Å². The second kappa shape index (κ2) is 8.90. The number of aryl methyl sites for hydroxylation is 1. The van der Waals surface area contributed by atoms with Crippen LogP contribution in [0.1, 0.15) is 25.8 Å². The molecular weight excluding hydrogens is 344 g/mol. The van der Waals surface area contributed by atoms with E-state index in [-0.39, 0.29) is 11.8 Å². The molecule has 27 heavy (non-hydrogen) atoms. The van der Waals surface area contributed by atoms with E-state index in [1.165, 1.54) is 0 Å². The summed E-state index contributed by atoms with van der Waals surface area (Å²) in [7, 11) is 1.92. The van der Waals surface area contributed by atoms with Crippen molar-refractivity contribution in [2.24, 2.45) is 13.0 Å². The molecule has 1 amide bonds. The number of carbonyl (C=O) groups excluding carboxylic acids is 1. The van der Waals surface area contributed by atoms with E-state index in [1.807, 2.05) is 50.0 Å². The molecule has 0 aliphatic carbocycles. The largest absolute Gasteiger partial charge is 0.490 e. The van der Waals surface area contributed by atoms with Crippen LogP contribution in [0.4, 0.5) is 0 Å². The molecule has 1 aliphatic heterocycles. The quantitative estimate of drug-likeness (QED) is 0.728. The van der Waals surface area contributed by atoms with Gasteiger partial charge in [-0.2, -0.15) is 5.10 Å². The molecule has 0 saturated heterocycles. The lowest BCUT2D eigenvalue weighted by Gasteiger charge is -2.10. The molecule has 2 N–H and O–H groups in total. The fraction of sp³-hybridized carbons (Fsp3) is 0.500. The third-order valence-corrected chi connectivity index (χ3v) is 4.37. The lowest BCUT2D eigenvalue weighted by molar-refractivity contribution is -0.123. The molecule has 0 bridgehead atoms. The molecule has 0 spiro atoms.